The van der Waals surface area contributed by atoms with E-state index in [9.17, 15) is 0 Å². The third-order valence-corrected chi connectivity index (χ3v) is 11.1. The first-order chi connectivity index (χ1) is 27.7. The molecule has 0 saturated heterocycles. The van der Waals surface area contributed by atoms with Gasteiger partial charge in [0.25, 0.3) is 0 Å². The molecular formula is C52H34N4. The highest BCUT2D eigenvalue weighted by atomic mass is 15.0. The minimum Gasteiger partial charge on any atom is -0.309 e. The van der Waals surface area contributed by atoms with Gasteiger partial charge in [0, 0.05) is 49.3 Å². The zero-order chi connectivity index (χ0) is 37.2. The van der Waals surface area contributed by atoms with Crippen molar-refractivity contribution in [2.45, 2.75) is 6.92 Å². The summed E-state index contributed by atoms with van der Waals surface area (Å²) in [5.74, 6) is 0. The van der Waals surface area contributed by atoms with Crippen LogP contribution < -0.4 is 0 Å². The van der Waals surface area contributed by atoms with Crippen LogP contribution in [0.1, 0.15) is 5.56 Å². The van der Waals surface area contributed by atoms with E-state index in [2.05, 4.69) is 187 Å². The Kier molecular flexibility index (Phi) is 7.36. The van der Waals surface area contributed by atoms with Crippen molar-refractivity contribution in [3.05, 3.63) is 194 Å². The molecule has 0 saturated carbocycles. The number of aryl methyl sites for hydroxylation is 1. The van der Waals surface area contributed by atoms with Crippen LogP contribution in [0.25, 0.3) is 105 Å². The van der Waals surface area contributed by atoms with Gasteiger partial charge in [-0.05, 0) is 60.0 Å². The summed E-state index contributed by atoms with van der Waals surface area (Å²) in [6.45, 7) is 2.17. The highest BCUT2D eigenvalue weighted by molar-refractivity contribution is 6.22. The highest BCUT2D eigenvalue weighted by Crippen LogP contribution is 2.41. The molecule has 56 heavy (non-hydrogen) atoms. The van der Waals surface area contributed by atoms with Gasteiger partial charge in [-0.15, -0.1) is 0 Å². The van der Waals surface area contributed by atoms with Crippen LogP contribution in [0.3, 0.4) is 0 Å². The van der Waals surface area contributed by atoms with Crippen molar-refractivity contribution in [1.29, 1.82) is 0 Å². The van der Waals surface area contributed by atoms with Crippen molar-refractivity contribution in [3.63, 3.8) is 0 Å². The molecule has 0 atom stereocenters. The lowest BCUT2D eigenvalue weighted by molar-refractivity contribution is 1.18. The molecule has 0 N–H and O–H groups in total. The average Bonchev–Trinajstić information content (AvgIpc) is 3.61. The van der Waals surface area contributed by atoms with Crippen LogP contribution in [0.4, 0.5) is 0 Å². The van der Waals surface area contributed by atoms with Crippen LogP contribution in [0.2, 0.25) is 0 Å². The summed E-state index contributed by atoms with van der Waals surface area (Å²) in [6.07, 6.45) is 0. The van der Waals surface area contributed by atoms with Gasteiger partial charge in [-0.25, -0.2) is 15.0 Å². The van der Waals surface area contributed by atoms with E-state index in [1.807, 2.05) is 12.1 Å². The van der Waals surface area contributed by atoms with Crippen molar-refractivity contribution >= 4 is 54.5 Å². The molecule has 11 rings (SSSR count). The van der Waals surface area contributed by atoms with Crippen LogP contribution in [-0.2, 0) is 0 Å². The van der Waals surface area contributed by atoms with E-state index >= 15 is 0 Å². The van der Waals surface area contributed by atoms with Crippen LogP contribution in [0.5, 0.6) is 0 Å². The SMILES string of the molecule is Cc1cc2nc(-c3ccccc3)c(-c3ccccc3)nc2c2c1c(-c1ccc(-c3ccc(-n4c5ccccc5c5ccccc54)cc3)cc1)nc1ccccc12. The molecule has 4 heteroatoms. The van der Waals surface area contributed by atoms with E-state index in [0.29, 0.717) is 0 Å². The lowest BCUT2D eigenvalue weighted by atomic mass is 9.94. The van der Waals surface area contributed by atoms with Gasteiger partial charge in [-0.2, -0.15) is 0 Å². The predicted octanol–water partition coefficient (Wildman–Crippen LogP) is 13.4. The Bertz CT molecular complexity index is 3220. The van der Waals surface area contributed by atoms with Crippen molar-refractivity contribution in [3.8, 4) is 50.6 Å². The lowest BCUT2D eigenvalue weighted by Gasteiger charge is -2.17. The minimum absolute atomic E-state index is 0.866. The second kappa shape index (κ2) is 12.9. The Hall–Kier alpha value is -7.43. The van der Waals surface area contributed by atoms with Gasteiger partial charge < -0.3 is 4.57 Å². The monoisotopic (exact) mass is 714 g/mol. The van der Waals surface area contributed by atoms with Gasteiger partial charge in [0.15, 0.2) is 0 Å². The fourth-order valence-electron chi connectivity index (χ4n) is 8.48. The van der Waals surface area contributed by atoms with Crippen LogP contribution in [-0.4, -0.2) is 19.5 Å². The highest BCUT2D eigenvalue weighted by Gasteiger charge is 2.20. The smallest absolute Gasteiger partial charge is 0.0980 e. The van der Waals surface area contributed by atoms with Crippen molar-refractivity contribution in [2.75, 3.05) is 0 Å². The second-order valence-corrected chi connectivity index (χ2v) is 14.4. The maximum Gasteiger partial charge on any atom is 0.0980 e. The largest absolute Gasteiger partial charge is 0.309 e. The summed E-state index contributed by atoms with van der Waals surface area (Å²) in [6, 6.07) is 66.3. The molecule has 0 aliphatic carbocycles. The quantitative estimate of drug-likeness (QED) is 0.167. The molecule has 0 spiro atoms. The second-order valence-electron chi connectivity index (χ2n) is 14.4. The number of nitrogens with zero attached hydrogens (tertiary/aromatic N) is 4. The van der Waals surface area contributed by atoms with Crippen LogP contribution >= 0.6 is 0 Å². The molecule has 3 aromatic heterocycles. The number of rotatable bonds is 5. The third-order valence-electron chi connectivity index (χ3n) is 11.1. The zero-order valence-corrected chi connectivity index (χ0v) is 30.7. The third kappa shape index (κ3) is 5.11. The van der Waals surface area contributed by atoms with Crippen molar-refractivity contribution in [1.82, 2.24) is 19.5 Å². The molecule has 3 heterocycles. The fraction of sp³-hybridized carbons (Fsp3) is 0.0192. The van der Waals surface area contributed by atoms with Gasteiger partial charge in [0.05, 0.1) is 44.7 Å². The summed E-state index contributed by atoms with van der Waals surface area (Å²) in [7, 11) is 0. The number of aromatic nitrogens is 4. The maximum atomic E-state index is 5.50. The first-order valence-corrected chi connectivity index (χ1v) is 19.0. The number of fused-ring (bicyclic) bond motifs is 8. The predicted molar refractivity (Wildman–Crippen MR) is 233 cm³/mol. The Morgan fingerprint density at radius 3 is 1.45 bits per heavy atom. The summed E-state index contributed by atoms with van der Waals surface area (Å²) in [4.78, 5) is 16.2. The summed E-state index contributed by atoms with van der Waals surface area (Å²) < 4.78 is 2.36. The van der Waals surface area contributed by atoms with Gasteiger partial charge >= 0.3 is 0 Å². The molecule has 0 fully saturated rings. The van der Waals surface area contributed by atoms with Crippen LogP contribution in [0, 0.1) is 6.92 Å². The van der Waals surface area contributed by atoms with E-state index in [-0.39, 0.29) is 0 Å². The molecule has 0 amide bonds. The van der Waals surface area contributed by atoms with E-state index in [1.54, 1.807) is 0 Å². The Morgan fingerprint density at radius 1 is 0.357 bits per heavy atom. The average molecular weight is 715 g/mol. The number of para-hydroxylation sites is 3. The molecule has 0 radical (unpaired) electrons. The van der Waals surface area contributed by atoms with E-state index in [0.717, 1.165) is 88.9 Å². The molecular weight excluding hydrogens is 681 g/mol. The maximum absolute atomic E-state index is 5.50. The van der Waals surface area contributed by atoms with Gasteiger partial charge in [-0.3, -0.25) is 0 Å². The van der Waals surface area contributed by atoms with Gasteiger partial charge in [0.1, 0.15) is 0 Å². The standard InChI is InChI=1S/C52H34N4/c1-33-32-44-52(55-51(37-16-6-3-7-17-37)50(54-44)36-14-4-2-5-15-36)48-42-20-8-11-21-43(42)53-49(47(33)48)38-26-24-34(25-27-38)35-28-30-39(31-29-35)56-45-22-12-9-18-40(45)41-19-10-13-23-46(41)56/h2-32H,1H3. The van der Waals surface area contributed by atoms with E-state index < -0.39 is 0 Å². The molecule has 0 aliphatic heterocycles. The molecule has 4 nitrogen and oxygen atoms in total. The van der Waals surface area contributed by atoms with E-state index in [4.69, 9.17) is 15.0 Å². The molecule has 0 aliphatic rings. The molecule has 0 bridgehead atoms. The normalized spacial score (nSPS) is 11.7. The first-order valence-electron chi connectivity index (χ1n) is 19.0. The Balaban J connectivity index is 1.05. The number of benzene rings is 8. The summed E-state index contributed by atoms with van der Waals surface area (Å²) >= 11 is 0. The number of hydrogen-bond donors (Lipinski definition) is 0. The van der Waals surface area contributed by atoms with Crippen LogP contribution in [0.15, 0.2) is 188 Å². The van der Waals surface area contributed by atoms with Gasteiger partial charge in [-0.1, -0.05) is 152 Å². The van der Waals surface area contributed by atoms with Crippen molar-refractivity contribution < 1.29 is 0 Å². The fourth-order valence-corrected chi connectivity index (χ4v) is 8.48. The Morgan fingerprint density at radius 2 is 0.821 bits per heavy atom. The Labute approximate surface area is 324 Å². The summed E-state index contributed by atoms with van der Waals surface area (Å²) in [5, 5.41) is 5.78. The topological polar surface area (TPSA) is 43.6 Å². The number of pyridine rings is 1. The van der Waals surface area contributed by atoms with E-state index in [1.165, 1.54) is 21.8 Å². The van der Waals surface area contributed by atoms with Gasteiger partial charge in [0.2, 0.25) is 0 Å². The molecule has 262 valence electrons. The van der Waals surface area contributed by atoms with Crippen molar-refractivity contribution in [2.24, 2.45) is 0 Å². The molecule has 11 aromatic rings. The first kappa shape index (κ1) is 32.0. The molecule has 0 unspecified atom stereocenters. The zero-order valence-electron chi connectivity index (χ0n) is 30.7. The molecule has 8 aromatic carbocycles. The minimum atomic E-state index is 0.866. The lowest BCUT2D eigenvalue weighted by Crippen LogP contribution is -1.99. The summed E-state index contributed by atoms with van der Waals surface area (Å²) in [5.41, 5.74) is 15.5. The number of hydrogen-bond acceptors (Lipinski definition) is 3.